The van der Waals surface area contributed by atoms with Gasteiger partial charge in [0.2, 0.25) is 5.75 Å². The second-order valence-electron chi connectivity index (χ2n) is 6.01. The van der Waals surface area contributed by atoms with Crippen molar-refractivity contribution in [3.63, 3.8) is 0 Å². The average molecular weight is 485 g/mol. The molecular formula is C20H28IN3O3. The Morgan fingerprint density at radius 1 is 0.963 bits per heavy atom. The molecule has 0 aliphatic heterocycles. The Kier molecular flexibility index (Phi) is 9.20. The number of halogens is 1. The number of nitrogens with one attached hydrogen (secondary N) is 1. The summed E-state index contributed by atoms with van der Waals surface area (Å²) in [6, 6.07) is 9.99. The average Bonchev–Trinajstić information content (AvgIpc) is 2.59. The molecule has 0 aliphatic carbocycles. The van der Waals surface area contributed by atoms with Gasteiger partial charge in [0.25, 0.3) is 0 Å². The van der Waals surface area contributed by atoms with Crippen LogP contribution in [0, 0.1) is 13.8 Å². The molecule has 0 saturated carbocycles. The summed E-state index contributed by atoms with van der Waals surface area (Å²) in [5, 5.41) is 3.13. The number of anilines is 1. The van der Waals surface area contributed by atoms with Crippen LogP contribution in [0.3, 0.4) is 0 Å². The standard InChI is InChI=1S/C20H27N3O3.HI/c1-13-10-14(2)12-16(11-13)23-20(21)22-9-8-15-6-7-17(24-3)19(26-5)18(15)25-4;/h6-7,10-12H,8-9H2,1-5H3,(H3,21,22,23);1H. The van der Waals surface area contributed by atoms with Crippen LogP contribution in [0.5, 0.6) is 17.2 Å². The predicted octanol–water partition coefficient (Wildman–Crippen LogP) is 3.92. The topological polar surface area (TPSA) is 78.1 Å². The second kappa shape index (κ2) is 10.9. The highest BCUT2D eigenvalue weighted by Crippen LogP contribution is 2.39. The van der Waals surface area contributed by atoms with Crippen LogP contribution in [0.2, 0.25) is 0 Å². The Hall–Kier alpha value is -2.16. The minimum absolute atomic E-state index is 0. The Morgan fingerprint density at radius 2 is 1.59 bits per heavy atom. The molecule has 0 aromatic heterocycles. The first-order valence-electron chi connectivity index (χ1n) is 8.41. The molecule has 7 heteroatoms. The largest absolute Gasteiger partial charge is 0.493 e. The number of aliphatic imine (C=N–C) groups is 1. The molecular weight excluding hydrogens is 457 g/mol. The van der Waals surface area contributed by atoms with Gasteiger partial charge in [-0.25, -0.2) is 0 Å². The Balaban J connectivity index is 0.00000364. The molecule has 27 heavy (non-hydrogen) atoms. The Morgan fingerprint density at radius 3 is 2.15 bits per heavy atom. The summed E-state index contributed by atoms with van der Waals surface area (Å²) in [7, 11) is 4.80. The quantitative estimate of drug-likeness (QED) is 0.353. The van der Waals surface area contributed by atoms with Crippen LogP contribution >= 0.6 is 24.0 Å². The van der Waals surface area contributed by atoms with E-state index in [1.54, 1.807) is 21.3 Å². The number of benzene rings is 2. The molecule has 0 atom stereocenters. The molecule has 0 spiro atoms. The van der Waals surface area contributed by atoms with Gasteiger partial charge in [-0.3, -0.25) is 4.99 Å². The van der Waals surface area contributed by atoms with Crippen LogP contribution in [0.15, 0.2) is 35.3 Å². The number of rotatable bonds is 7. The van der Waals surface area contributed by atoms with E-state index in [4.69, 9.17) is 19.9 Å². The molecule has 0 fully saturated rings. The maximum Gasteiger partial charge on any atom is 0.203 e. The smallest absolute Gasteiger partial charge is 0.203 e. The molecule has 2 aromatic carbocycles. The third kappa shape index (κ3) is 6.20. The Bertz CT molecular complexity index is 774. The van der Waals surface area contributed by atoms with Crippen molar-refractivity contribution in [2.75, 3.05) is 33.2 Å². The first kappa shape index (κ1) is 22.9. The fourth-order valence-electron chi connectivity index (χ4n) is 2.89. The van der Waals surface area contributed by atoms with Crippen molar-refractivity contribution in [2.24, 2.45) is 10.7 Å². The molecule has 0 bridgehead atoms. The number of aryl methyl sites for hydroxylation is 2. The molecule has 0 saturated heterocycles. The van der Waals surface area contributed by atoms with Gasteiger partial charge >= 0.3 is 0 Å². The number of nitrogens with two attached hydrogens (primary N) is 1. The lowest BCUT2D eigenvalue weighted by atomic mass is 10.1. The van der Waals surface area contributed by atoms with E-state index in [1.807, 2.05) is 24.3 Å². The molecule has 0 unspecified atom stereocenters. The van der Waals surface area contributed by atoms with Gasteiger partial charge in [-0.2, -0.15) is 0 Å². The number of methoxy groups -OCH3 is 3. The van der Waals surface area contributed by atoms with Gasteiger partial charge in [0.15, 0.2) is 17.5 Å². The van der Waals surface area contributed by atoms with Gasteiger partial charge in [-0.15, -0.1) is 24.0 Å². The van der Waals surface area contributed by atoms with E-state index < -0.39 is 0 Å². The monoisotopic (exact) mass is 485 g/mol. The molecule has 0 aliphatic rings. The van der Waals surface area contributed by atoms with Crippen molar-refractivity contribution in [2.45, 2.75) is 20.3 Å². The normalized spacial score (nSPS) is 10.8. The number of ether oxygens (including phenoxy) is 3. The fraction of sp³-hybridized carbons (Fsp3) is 0.350. The van der Waals surface area contributed by atoms with E-state index in [0.717, 1.165) is 11.3 Å². The third-order valence-corrected chi connectivity index (χ3v) is 3.94. The number of hydrogen-bond donors (Lipinski definition) is 2. The van der Waals surface area contributed by atoms with E-state index >= 15 is 0 Å². The summed E-state index contributed by atoms with van der Waals surface area (Å²) in [4.78, 5) is 4.40. The molecule has 2 rings (SSSR count). The van der Waals surface area contributed by atoms with E-state index in [-0.39, 0.29) is 24.0 Å². The summed E-state index contributed by atoms with van der Waals surface area (Å²) in [5.74, 6) is 2.25. The number of guanidine groups is 1. The number of hydrogen-bond acceptors (Lipinski definition) is 4. The summed E-state index contributed by atoms with van der Waals surface area (Å²) in [6.45, 7) is 4.62. The zero-order chi connectivity index (χ0) is 19.1. The number of nitrogens with zero attached hydrogens (tertiary/aromatic N) is 1. The lowest BCUT2D eigenvalue weighted by Gasteiger charge is -2.15. The van der Waals surface area contributed by atoms with Crippen LogP contribution < -0.4 is 25.3 Å². The van der Waals surface area contributed by atoms with Crippen LogP contribution in [-0.2, 0) is 6.42 Å². The summed E-state index contributed by atoms with van der Waals surface area (Å²) >= 11 is 0. The summed E-state index contributed by atoms with van der Waals surface area (Å²) < 4.78 is 16.2. The zero-order valence-electron chi connectivity index (χ0n) is 16.5. The first-order chi connectivity index (χ1) is 12.5. The molecule has 6 nitrogen and oxygen atoms in total. The molecule has 2 aromatic rings. The SMILES string of the molecule is COc1ccc(CCN=C(N)Nc2cc(C)cc(C)c2)c(OC)c1OC.I. The van der Waals surface area contributed by atoms with Crippen LogP contribution in [0.1, 0.15) is 16.7 Å². The highest BCUT2D eigenvalue weighted by molar-refractivity contribution is 14.0. The Labute approximate surface area is 178 Å². The highest BCUT2D eigenvalue weighted by atomic mass is 127. The van der Waals surface area contributed by atoms with Crippen molar-refractivity contribution in [1.82, 2.24) is 0 Å². The summed E-state index contributed by atoms with van der Waals surface area (Å²) in [6.07, 6.45) is 0.665. The van der Waals surface area contributed by atoms with Crippen molar-refractivity contribution in [3.05, 3.63) is 47.0 Å². The van der Waals surface area contributed by atoms with Crippen LogP contribution in [0.4, 0.5) is 5.69 Å². The molecule has 0 heterocycles. The molecule has 0 amide bonds. The van der Waals surface area contributed by atoms with Crippen LogP contribution in [0.25, 0.3) is 0 Å². The van der Waals surface area contributed by atoms with E-state index in [2.05, 4.69) is 30.2 Å². The van der Waals surface area contributed by atoms with Crippen molar-refractivity contribution in [1.29, 1.82) is 0 Å². The van der Waals surface area contributed by atoms with Gasteiger partial charge in [-0.1, -0.05) is 12.1 Å². The van der Waals surface area contributed by atoms with Crippen LogP contribution in [-0.4, -0.2) is 33.8 Å². The van der Waals surface area contributed by atoms with Crippen molar-refractivity contribution in [3.8, 4) is 17.2 Å². The van der Waals surface area contributed by atoms with E-state index in [9.17, 15) is 0 Å². The fourth-order valence-corrected chi connectivity index (χ4v) is 2.89. The van der Waals surface area contributed by atoms with E-state index in [1.165, 1.54) is 11.1 Å². The van der Waals surface area contributed by atoms with Crippen molar-refractivity contribution >= 4 is 35.6 Å². The van der Waals surface area contributed by atoms with Gasteiger partial charge in [0.05, 0.1) is 21.3 Å². The highest BCUT2D eigenvalue weighted by Gasteiger charge is 2.15. The minimum atomic E-state index is 0. The van der Waals surface area contributed by atoms with Gasteiger partial charge in [0, 0.05) is 17.8 Å². The lowest BCUT2D eigenvalue weighted by Crippen LogP contribution is -2.23. The first-order valence-corrected chi connectivity index (χ1v) is 8.41. The van der Waals surface area contributed by atoms with Crippen molar-refractivity contribution < 1.29 is 14.2 Å². The molecule has 3 N–H and O–H groups in total. The minimum Gasteiger partial charge on any atom is -0.493 e. The maximum absolute atomic E-state index is 6.01. The maximum atomic E-state index is 6.01. The lowest BCUT2D eigenvalue weighted by molar-refractivity contribution is 0.322. The zero-order valence-corrected chi connectivity index (χ0v) is 18.8. The predicted molar refractivity (Wildman–Crippen MR) is 121 cm³/mol. The third-order valence-electron chi connectivity index (χ3n) is 3.94. The second-order valence-corrected chi connectivity index (χ2v) is 6.01. The van der Waals surface area contributed by atoms with Gasteiger partial charge in [0.1, 0.15) is 0 Å². The summed E-state index contributed by atoms with van der Waals surface area (Å²) in [5.41, 5.74) is 10.3. The van der Waals surface area contributed by atoms with Gasteiger partial charge in [-0.05, 0) is 49.6 Å². The van der Waals surface area contributed by atoms with E-state index in [0.29, 0.717) is 36.2 Å². The molecule has 148 valence electrons. The van der Waals surface area contributed by atoms with Gasteiger partial charge < -0.3 is 25.3 Å². The molecule has 0 radical (unpaired) electrons.